The van der Waals surface area contributed by atoms with Crippen LogP contribution in [0.3, 0.4) is 0 Å². The molecule has 1 aromatic rings. The zero-order valence-corrected chi connectivity index (χ0v) is 14.4. The van der Waals surface area contributed by atoms with Crippen LogP contribution in [0.4, 0.5) is 0 Å². The van der Waals surface area contributed by atoms with Gasteiger partial charge in [0.15, 0.2) is 11.5 Å². The van der Waals surface area contributed by atoms with E-state index in [1.54, 1.807) is 21.3 Å². The maximum atomic E-state index is 5.94. The lowest BCUT2D eigenvalue weighted by molar-refractivity contribution is 0.00997. The van der Waals surface area contributed by atoms with Gasteiger partial charge in [0.2, 0.25) is 0 Å². The van der Waals surface area contributed by atoms with Crippen LogP contribution in [-0.4, -0.2) is 51.5 Å². The van der Waals surface area contributed by atoms with E-state index in [0.29, 0.717) is 18.7 Å². The fourth-order valence-corrected chi connectivity index (χ4v) is 3.03. The van der Waals surface area contributed by atoms with Crippen molar-refractivity contribution in [3.63, 3.8) is 0 Å². The second-order valence-corrected chi connectivity index (χ2v) is 5.39. The molecule has 2 unspecified atom stereocenters. The summed E-state index contributed by atoms with van der Waals surface area (Å²) < 4.78 is 16.4. The van der Waals surface area contributed by atoms with Crippen molar-refractivity contribution >= 4 is 12.4 Å². The molecule has 0 radical (unpaired) electrons. The molecule has 0 aliphatic carbocycles. The first-order valence-electron chi connectivity index (χ1n) is 7.40. The van der Waals surface area contributed by atoms with E-state index in [1.807, 2.05) is 12.1 Å². The predicted octanol–water partition coefficient (Wildman–Crippen LogP) is 2.06. The lowest BCUT2D eigenvalue weighted by Crippen LogP contribution is -2.48. The number of piperidine rings is 1. The fraction of sp³-hybridized carbons (Fsp3) is 0.625. The molecule has 1 saturated heterocycles. The minimum atomic E-state index is 0. The van der Waals surface area contributed by atoms with E-state index in [0.717, 1.165) is 43.0 Å². The molecular formula is C16H27ClN2O3. The summed E-state index contributed by atoms with van der Waals surface area (Å²) in [4.78, 5) is 2.41. The summed E-state index contributed by atoms with van der Waals surface area (Å²) in [6.45, 7) is 2.45. The number of para-hydroxylation sites is 1. The number of benzene rings is 1. The molecule has 1 aliphatic rings. The molecule has 1 aromatic carbocycles. The number of nitrogens with zero attached hydrogens (tertiary/aromatic N) is 1. The average Bonchev–Trinajstić information content (AvgIpc) is 2.54. The molecule has 0 saturated carbocycles. The number of ether oxygens (including phenoxy) is 3. The summed E-state index contributed by atoms with van der Waals surface area (Å²) in [5.41, 5.74) is 7.07. The summed E-state index contributed by atoms with van der Waals surface area (Å²) in [7, 11) is 5.12. The monoisotopic (exact) mass is 330 g/mol. The van der Waals surface area contributed by atoms with Gasteiger partial charge in [0, 0.05) is 38.3 Å². The minimum absolute atomic E-state index is 0. The first-order chi connectivity index (χ1) is 10.2. The Labute approximate surface area is 139 Å². The summed E-state index contributed by atoms with van der Waals surface area (Å²) in [5, 5.41) is 0. The van der Waals surface area contributed by atoms with Crippen molar-refractivity contribution in [2.45, 2.75) is 31.5 Å². The zero-order valence-electron chi connectivity index (χ0n) is 13.6. The third-order valence-electron chi connectivity index (χ3n) is 4.25. The predicted molar refractivity (Wildman–Crippen MR) is 90.1 cm³/mol. The summed E-state index contributed by atoms with van der Waals surface area (Å²) in [6.07, 6.45) is 2.35. The van der Waals surface area contributed by atoms with E-state index in [9.17, 15) is 0 Å². The highest BCUT2D eigenvalue weighted by Gasteiger charge is 2.28. The summed E-state index contributed by atoms with van der Waals surface area (Å²) in [5.74, 6) is 1.58. The highest BCUT2D eigenvalue weighted by Crippen LogP contribution is 2.32. The van der Waals surface area contributed by atoms with Gasteiger partial charge in [-0.2, -0.15) is 0 Å². The number of hydrogen-bond donors (Lipinski definition) is 1. The first-order valence-corrected chi connectivity index (χ1v) is 7.40. The highest BCUT2D eigenvalue weighted by molar-refractivity contribution is 5.85. The molecule has 2 rings (SSSR count). The molecule has 2 N–H and O–H groups in total. The van der Waals surface area contributed by atoms with Crippen LogP contribution >= 0.6 is 12.4 Å². The molecular weight excluding hydrogens is 304 g/mol. The highest BCUT2D eigenvalue weighted by atomic mass is 35.5. The Morgan fingerprint density at radius 2 is 2.00 bits per heavy atom. The second-order valence-electron chi connectivity index (χ2n) is 5.39. The van der Waals surface area contributed by atoms with Crippen molar-refractivity contribution in [2.24, 2.45) is 5.73 Å². The molecule has 1 aliphatic heterocycles. The first kappa shape index (κ1) is 19.0. The SMILES string of the molecule is COc1cccc(CN2CCC(OC)CC2CN)c1OC.Cl. The second kappa shape index (κ2) is 9.20. The van der Waals surface area contributed by atoms with Gasteiger partial charge in [0.25, 0.3) is 0 Å². The Bertz CT molecular complexity index is 459. The van der Waals surface area contributed by atoms with Crippen LogP contribution in [0, 0.1) is 0 Å². The topological polar surface area (TPSA) is 57.0 Å². The van der Waals surface area contributed by atoms with Crippen molar-refractivity contribution in [1.82, 2.24) is 4.90 Å². The Morgan fingerprint density at radius 1 is 1.23 bits per heavy atom. The number of methoxy groups -OCH3 is 3. The Balaban J connectivity index is 0.00000242. The van der Waals surface area contributed by atoms with Gasteiger partial charge < -0.3 is 19.9 Å². The van der Waals surface area contributed by atoms with Gasteiger partial charge in [0.1, 0.15) is 0 Å². The standard InChI is InChI=1S/C16H26N2O3.ClH/c1-19-14-7-8-18(13(9-14)10-17)11-12-5-4-6-15(20-2)16(12)21-3;/h4-6,13-14H,7-11,17H2,1-3H3;1H. The van der Waals surface area contributed by atoms with Crippen LogP contribution in [0.5, 0.6) is 11.5 Å². The Morgan fingerprint density at radius 3 is 2.59 bits per heavy atom. The lowest BCUT2D eigenvalue weighted by Gasteiger charge is -2.38. The summed E-state index contributed by atoms with van der Waals surface area (Å²) in [6, 6.07) is 6.34. The van der Waals surface area contributed by atoms with Crippen LogP contribution in [0.2, 0.25) is 0 Å². The van der Waals surface area contributed by atoms with Gasteiger partial charge in [-0.05, 0) is 18.9 Å². The quantitative estimate of drug-likeness (QED) is 0.865. The van der Waals surface area contributed by atoms with E-state index in [2.05, 4.69) is 11.0 Å². The van der Waals surface area contributed by atoms with Crippen molar-refractivity contribution < 1.29 is 14.2 Å². The number of nitrogens with two attached hydrogens (primary N) is 1. The van der Waals surface area contributed by atoms with E-state index in [-0.39, 0.29) is 12.4 Å². The number of likely N-dealkylation sites (tertiary alicyclic amines) is 1. The van der Waals surface area contributed by atoms with Gasteiger partial charge in [-0.25, -0.2) is 0 Å². The van der Waals surface area contributed by atoms with Crippen molar-refractivity contribution in [3.05, 3.63) is 23.8 Å². The van der Waals surface area contributed by atoms with Gasteiger partial charge in [-0.3, -0.25) is 4.90 Å². The van der Waals surface area contributed by atoms with Crippen molar-refractivity contribution in [3.8, 4) is 11.5 Å². The molecule has 5 nitrogen and oxygen atoms in total. The van der Waals surface area contributed by atoms with Crippen LogP contribution < -0.4 is 15.2 Å². The normalized spacial score (nSPS) is 22.0. The number of rotatable bonds is 6. The van der Waals surface area contributed by atoms with Crippen LogP contribution in [-0.2, 0) is 11.3 Å². The summed E-state index contributed by atoms with van der Waals surface area (Å²) >= 11 is 0. The number of hydrogen-bond acceptors (Lipinski definition) is 5. The zero-order chi connectivity index (χ0) is 15.2. The lowest BCUT2D eigenvalue weighted by atomic mass is 9.98. The third kappa shape index (κ3) is 4.26. The van der Waals surface area contributed by atoms with Crippen molar-refractivity contribution in [1.29, 1.82) is 0 Å². The van der Waals surface area contributed by atoms with Gasteiger partial charge >= 0.3 is 0 Å². The maximum absolute atomic E-state index is 5.94. The number of halogens is 1. The van der Waals surface area contributed by atoms with Crippen molar-refractivity contribution in [2.75, 3.05) is 34.4 Å². The molecule has 0 amide bonds. The third-order valence-corrected chi connectivity index (χ3v) is 4.25. The largest absolute Gasteiger partial charge is 0.493 e. The molecule has 0 bridgehead atoms. The minimum Gasteiger partial charge on any atom is -0.493 e. The van der Waals surface area contributed by atoms with E-state index in [4.69, 9.17) is 19.9 Å². The molecule has 1 fully saturated rings. The molecule has 0 spiro atoms. The Hall–Kier alpha value is -1.01. The maximum Gasteiger partial charge on any atom is 0.165 e. The van der Waals surface area contributed by atoms with E-state index >= 15 is 0 Å². The van der Waals surface area contributed by atoms with Crippen LogP contribution in [0.25, 0.3) is 0 Å². The van der Waals surface area contributed by atoms with Gasteiger partial charge in [0.05, 0.1) is 20.3 Å². The average molecular weight is 331 g/mol. The van der Waals surface area contributed by atoms with E-state index in [1.165, 1.54) is 0 Å². The van der Waals surface area contributed by atoms with Gasteiger partial charge in [-0.1, -0.05) is 12.1 Å². The fourth-order valence-electron chi connectivity index (χ4n) is 3.03. The molecule has 22 heavy (non-hydrogen) atoms. The van der Waals surface area contributed by atoms with E-state index < -0.39 is 0 Å². The Kier molecular flexibility index (Phi) is 7.96. The molecule has 2 atom stereocenters. The molecule has 6 heteroatoms. The molecule has 1 heterocycles. The molecule has 0 aromatic heterocycles. The molecule has 126 valence electrons. The smallest absolute Gasteiger partial charge is 0.165 e. The van der Waals surface area contributed by atoms with Gasteiger partial charge in [-0.15, -0.1) is 12.4 Å². The van der Waals surface area contributed by atoms with Crippen LogP contribution in [0.1, 0.15) is 18.4 Å². The van der Waals surface area contributed by atoms with Crippen LogP contribution in [0.15, 0.2) is 18.2 Å².